The molecule has 2 aromatic rings. The van der Waals surface area contributed by atoms with Crippen molar-refractivity contribution in [2.45, 2.75) is 19.9 Å². The lowest BCUT2D eigenvalue weighted by Crippen LogP contribution is -2.18. The largest absolute Gasteiger partial charge is 0.344 e. The maximum Gasteiger partial charge on any atom is 0.123 e. The molecule has 0 saturated carbocycles. The van der Waals surface area contributed by atoms with Gasteiger partial charge >= 0.3 is 0 Å². The summed E-state index contributed by atoms with van der Waals surface area (Å²) in [6.45, 7) is 3.80. The van der Waals surface area contributed by atoms with Gasteiger partial charge in [-0.05, 0) is 49.4 Å². The molecule has 0 aromatic heterocycles. The van der Waals surface area contributed by atoms with E-state index in [1.54, 1.807) is 12.1 Å². The quantitative estimate of drug-likeness (QED) is 0.775. The highest BCUT2D eigenvalue weighted by Gasteiger charge is 2.12. The van der Waals surface area contributed by atoms with Crippen LogP contribution in [0.25, 0.3) is 0 Å². The van der Waals surface area contributed by atoms with Crippen LogP contribution in [-0.2, 0) is 6.54 Å². The third kappa shape index (κ3) is 3.96. The van der Waals surface area contributed by atoms with Gasteiger partial charge < -0.3 is 10.2 Å². The zero-order valence-electron chi connectivity index (χ0n) is 12.4. The molecular formula is C17H20ClFN2. The van der Waals surface area contributed by atoms with Gasteiger partial charge in [-0.3, -0.25) is 0 Å². The minimum atomic E-state index is -0.233. The molecule has 112 valence electrons. The molecule has 0 atom stereocenters. The lowest BCUT2D eigenvalue weighted by atomic mass is 10.1. The maximum atomic E-state index is 13.1. The first kappa shape index (κ1) is 15.8. The molecule has 2 nitrogen and oxygen atoms in total. The van der Waals surface area contributed by atoms with Crippen LogP contribution in [0.15, 0.2) is 42.5 Å². The SMILES string of the molecule is CCCNCc1c(Cl)cccc1N(C)c1ccc(F)cc1. The summed E-state index contributed by atoms with van der Waals surface area (Å²) in [5.74, 6) is -0.233. The van der Waals surface area contributed by atoms with E-state index in [1.807, 2.05) is 30.1 Å². The number of benzene rings is 2. The highest BCUT2D eigenvalue weighted by Crippen LogP contribution is 2.31. The van der Waals surface area contributed by atoms with Gasteiger partial charge in [0.05, 0.1) is 0 Å². The molecule has 1 N–H and O–H groups in total. The van der Waals surface area contributed by atoms with E-state index < -0.39 is 0 Å². The molecule has 2 aromatic carbocycles. The Morgan fingerprint density at radius 3 is 2.52 bits per heavy atom. The summed E-state index contributed by atoms with van der Waals surface area (Å²) in [6, 6.07) is 12.3. The minimum absolute atomic E-state index is 0.233. The van der Waals surface area contributed by atoms with Crippen molar-refractivity contribution >= 4 is 23.0 Å². The van der Waals surface area contributed by atoms with Gasteiger partial charge in [0.25, 0.3) is 0 Å². The Bertz CT molecular complexity index is 584. The first-order valence-electron chi connectivity index (χ1n) is 7.11. The van der Waals surface area contributed by atoms with Crippen LogP contribution in [0.2, 0.25) is 5.02 Å². The molecule has 0 aliphatic carbocycles. The van der Waals surface area contributed by atoms with Crippen LogP contribution in [0, 0.1) is 5.82 Å². The van der Waals surface area contributed by atoms with Crippen molar-refractivity contribution < 1.29 is 4.39 Å². The highest BCUT2D eigenvalue weighted by molar-refractivity contribution is 6.31. The zero-order chi connectivity index (χ0) is 15.2. The van der Waals surface area contributed by atoms with Gasteiger partial charge in [0.1, 0.15) is 5.82 Å². The van der Waals surface area contributed by atoms with E-state index in [0.29, 0.717) is 6.54 Å². The van der Waals surface area contributed by atoms with Crippen molar-refractivity contribution in [2.24, 2.45) is 0 Å². The van der Waals surface area contributed by atoms with Gasteiger partial charge in [0.2, 0.25) is 0 Å². The number of nitrogens with zero attached hydrogens (tertiary/aromatic N) is 1. The number of nitrogens with one attached hydrogen (secondary N) is 1. The van der Waals surface area contributed by atoms with Gasteiger partial charge in [-0.15, -0.1) is 0 Å². The first-order valence-corrected chi connectivity index (χ1v) is 7.48. The van der Waals surface area contributed by atoms with Gasteiger partial charge in [0.15, 0.2) is 0 Å². The first-order chi connectivity index (χ1) is 10.1. The molecule has 0 aliphatic rings. The smallest absolute Gasteiger partial charge is 0.123 e. The molecule has 0 spiro atoms. The summed E-state index contributed by atoms with van der Waals surface area (Å²) in [5.41, 5.74) is 3.01. The van der Waals surface area contributed by atoms with Crippen molar-refractivity contribution in [3.05, 3.63) is 58.9 Å². The van der Waals surface area contributed by atoms with E-state index in [1.165, 1.54) is 12.1 Å². The average Bonchev–Trinajstić information content (AvgIpc) is 2.49. The molecule has 0 amide bonds. The topological polar surface area (TPSA) is 15.3 Å². The van der Waals surface area contributed by atoms with Gasteiger partial charge in [-0.2, -0.15) is 0 Å². The molecular weight excluding hydrogens is 287 g/mol. The molecule has 0 radical (unpaired) electrons. The van der Waals surface area contributed by atoms with E-state index in [4.69, 9.17) is 11.6 Å². The second-order valence-corrected chi connectivity index (χ2v) is 5.36. The van der Waals surface area contributed by atoms with Crippen molar-refractivity contribution in [1.29, 1.82) is 0 Å². The number of hydrogen-bond acceptors (Lipinski definition) is 2. The number of rotatable bonds is 6. The Hall–Kier alpha value is -1.58. The van der Waals surface area contributed by atoms with Crippen molar-refractivity contribution in [2.75, 3.05) is 18.5 Å². The molecule has 2 rings (SSSR count). The minimum Gasteiger partial charge on any atom is -0.344 e. The van der Waals surface area contributed by atoms with Gasteiger partial charge in [-0.1, -0.05) is 24.6 Å². The van der Waals surface area contributed by atoms with E-state index >= 15 is 0 Å². The van der Waals surface area contributed by atoms with Crippen molar-refractivity contribution in [1.82, 2.24) is 5.32 Å². The molecule has 21 heavy (non-hydrogen) atoms. The summed E-state index contributed by atoms with van der Waals surface area (Å²) in [6.07, 6.45) is 1.08. The molecule has 0 fully saturated rings. The Balaban J connectivity index is 2.29. The van der Waals surface area contributed by atoms with Gasteiger partial charge in [0, 0.05) is 35.6 Å². The summed E-state index contributed by atoms with van der Waals surface area (Å²) in [4.78, 5) is 2.02. The summed E-state index contributed by atoms with van der Waals surface area (Å²) < 4.78 is 13.1. The number of anilines is 2. The second-order valence-electron chi connectivity index (χ2n) is 4.95. The van der Waals surface area contributed by atoms with E-state index in [9.17, 15) is 4.39 Å². The number of hydrogen-bond donors (Lipinski definition) is 1. The molecule has 0 aliphatic heterocycles. The molecule has 0 saturated heterocycles. The molecule has 0 bridgehead atoms. The maximum absolute atomic E-state index is 13.1. The van der Waals surface area contributed by atoms with Crippen LogP contribution < -0.4 is 10.2 Å². The van der Waals surface area contributed by atoms with Crippen LogP contribution in [0.1, 0.15) is 18.9 Å². The summed E-state index contributed by atoms with van der Waals surface area (Å²) in [7, 11) is 1.96. The van der Waals surface area contributed by atoms with Gasteiger partial charge in [-0.25, -0.2) is 4.39 Å². The Kier molecular flexibility index (Phi) is 5.59. The third-order valence-electron chi connectivity index (χ3n) is 3.40. The average molecular weight is 307 g/mol. The summed E-state index contributed by atoms with van der Waals surface area (Å²) in [5, 5.41) is 4.12. The molecule has 4 heteroatoms. The zero-order valence-corrected chi connectivity index (χ0v) is 13.1. The predicted molar refractivity (Wildman–Crippen MR) is 87.9 cm³/mol. The fourth-order valence-electron chi connectivity index (χ4n) is 2.23. The second kappa shape index (κ2) is 7.43. The van der Waals surface area contributed by atoms with Crippen LogP contribution in [0.4, 0.5) is 15.8 Å². The lowest BCUT2D eigenvalue weighted by Gasteiger charge is -2.23. The number of halogens is 2. The van der Waals surface area contributed by atoms with Crippen molar-refractivity contribution in [3.8, 4) is 0 Å². The van der Waals surface area contributed by atoms with Crippen LogP contribution in [0.5, 0.6) is 0 Å². The van der Waals surface area contributed by atoms with Crippen LogP contribution in [0.3, 0.4) is 0 Å². The fraction of sp³-hybridized carbons (Fsp3) is 0.294. The molecule has 0 heterocycles. The molecule has 0 unspecified atom stereocenters. The predicted octanol–water partition coefficient (Wildman–Crippen LogP) is 4.75. The summed E-state index contributed by atoms with van der Waals surface area (Å²) >= 11 is 6.34. The lowest BCUT2D eigenvalue weighted by molar-refractivity contribution is 0.628. The third-order valence-corrected chi connectivity index (χ3v) is 3.75. The Labute approximate surface area is 130 Å². The monoisotopic (exact) mass is 306 g/mol. The Morgan fingerprint density at radius 1 is 1.14 bits per heavy atom. The Morgan fingerprint density at radius 2 is 1.86 bits per heavy atom. The van der Waals surface area contributed by atoms with E-state index in [2.05, 4.69) is 12.2 Å². The van der Waals surface area contributed by atoms with Crippen LogP contribution in [-0.4, -0.2) is 13.6 Å². The standard InChI is InChI=1S/C17H20ClFN2/c1-3-11-20-12-15-16(18)5-4-6-17(15)21(2)14-9-7-13(19)8-10-14/h4-10,20H,3,11-12H2,1-2H3. The van der Waals surface area contributed by atoms with Crippen LogP contribution >= 0.6 is 11.6 Å². The van der Waals surface area contributed by atoms with Crippen molar-refractivity contribution in [3.63, 3.8) is 0 Å². The normalized spacial score (nSPS) is 10.7. The fourth-order valence-corrected chi connectivity index (χ4v) is 2.47. The van der Waals surface area contributed by atoms with E-state index in [0.717, 1.165) is 34.9 Å². The highest BCUT2D eigenvalue weighted by atomic mass is 35.5. The van der Waals surface area contributed by atoms with E-state index in [-0.39, 0.29) is 5.82 Å².